The van der Waals surface area contributed by atoms with E-state index in [-0.39, 0.29) is 24.0 Å². The molecule has 1 atom stereocenters. The Morgan fingerprint density at radius 3 is 2.36 bits per heavy atom. The Morgan fingerprint density at radius 2 is 1.71 bits per heavy atom. The van der Waals surface area contributed by atoms with E-state index >= 15 is 0 Å². The van der Waals surface area contributed by atoms with Gasteiger partial charge in [0.15, 0.2) is 5.96 Å². The third kappa shape index (κ3) is 10.6. The molecule has 2 N–H and O–H groups in total. The fourth-order valence-corrected chi connectivity index (χ4v) is 3.91. The predicted molar refractivity (Wildman–Crippen MR) is 132 cm³/mol. The highest BCUT2D eigenvalue weighted by Crippen LogP contribution is 2.15. The van der Waals surface area contributed by atoms with Gasteiger partial charge in [-0.2, -0.15) is 0 Å². The van der Waals surface area contributed by atoms with Gasteiger partial charge >= 0.3 is 0 Å². The number of nitrogens with one attached hydrogen (secondary N) is 2. The zero-order valence-electron chi connectivity index (χ0n) is 18.8. The maximum absolute atomic E-state index is 4.83. The van der Waals surface area contributed by atoms with E-state index in [1.165, 1.54) is 65.1 Å². The van der Waals surface area contributed by atoms with E-state index in [9.17, 15) is 0 Å². The number of nitrogens with zero attached hydrogens (tertiary/aromatic N) is 4. The monoisotopic (exact) mass is 508 g/mol. The number of likely N-dealkylation sites (N-methyl/N-ethyl adjacent to an activating group) is 1. The lowest BCUT2D eigenvalue weighted by Gasteiger charge is -2.33. The summed E-state index contributed by atoms with van der Waals surface area (Å²) in [4.78, 5) is 12.4. The van der Waals surface area contributed by atoms with Crippen LogP contribution in [0.15, 0.2) is 4.99 Å². The van der Waals surface area contributed by atoms with Gasteiger partial charge in [-0.15, -0.1) is 24.0 Å². The minimum absolute atomic E-state index is 0. The average Bonchev–Trinajstić information content (AvgIpc) is 2.66. The first-order valence-electron chi connectivity index (χ1n) is 11.2. The van der Waals surface area contributed by atoms with Crippen LogP contribution >= 0.6 is 24.0 Å². The first-order valence-corrected chi connectivity index (χ1v) is 11.2. The molecule has 2 rings (SSSR count). The summed E-state index contributed by atoms with van der Waals surface area (Å²) in [5, 5.41) is 6.92. The summed E-state index contributed by atoms with van der Waals surface area (Å²) < 4.78 is 0. The highest BCUT2D eigenvalue weighted by Gasteiger charge is 2.16. The van der Waals surface area contributed by atoms with E-state index in [0.717, 1.165) is 38.1 Å². The Hall–Kier alpha value is -0.120. The topological polar surface area (TPSA) is 46.1 Å². The van der Waals surface area contributed by atoms with Crippen molar-refractivity contribution in [3.8, 4) is 0 Å². The third-order valence-electron chi connectivity index (χ3n) is 5.89. The molecule has 0 aromatic heterocycles. The van der Waals surface area contributed by atoms with Gasteiger partial charge in [-0.05, 0) is 64.7 Å². The lowest BCUT2D eigenvalue weighted by molar-refractivity contribution is 0.140. The average molecular weight is 509 g/mol. The number of guanidine groups is 1. The van der Waals surface area contributed by atoms with Crippen LogP contribution in [-0.2, 0) is 0 Å². The molecular formula is C21H45IN6. The Kier molecular flexibility index (Phi) is 13.7. The van der Waals surface area contributed by atoms with Crippen LogP contribution in [0.25, 0.3) is 0 Å². The van der Waals surface area contributed by atoms with Crippen molar-refractivity contribution in [1.29, 1.82) is 0 Å². The lowest BCUT2D eigenvalue weighted by atomic mass is 9.99. The molecule has 0 amide bonds. The first-order chi connectivity index (χ1) is 13.1. The van der Waals surface area contributed by atoms with Crippen LogP contribution in [0.3, 0.4) is 0 Å². The van der Waals surface area contributed by atoms with E-state index < -0.39 is 0 Å². The summed E-state index contributed by atoms with van der Waals surface area (Å²) in [5.41, 5.74) is 0. The molecule has 0 spiro atoms. The van der Waals surface area contributed by atoms with E-state index in [1.807, 2.05) is 0 Å². The van der Waals surface area contributed by atoms with Crippen molar-refractivity contribution < 1.29 is 0 Å². The lowest BCUT2D eigenvalue weighted by Crippen LogP contribution is -2.46. The largest absolute Gasteiger partial charge is 0.357 e. The van der Waals surface area contributed by atoms with Crippen LogP contribution in [0.4, 0.5) is 0 Å². The normalized spacial score (nSPS) is 21.9. The first kappa shape index (κ1) is 25.9. The van der Waals surface area contributed by atoms with Gasteiger partial charge in [0.2, 0.25) is 0 Å². The van der Waals surface area contributed by atoms with Crippen molar-refractivity contribution >= 4 is 29.9 Å². The zero-order chi connectivity index (χ0) is 19.5. The molecule has 2 heterocycles. The Bertz CT molecular complexity index is 417. The minimum atomic E-state index is 0. The van der Waals surface area contributed by atoms with Gasteiger partial charge in [0.25, 0.3) is 0 Å². The van der Waals surface area contributed by atoms with Crippen LogP contribution in [0, 0.1) is 11.8 Å². The van der Waals surface area contributed by atoms with Gasteiger partial charge in [-0.3, -0.25) is 4.99 Å². The van der Waals surface area contributed by atoms with Crippen molar-refractivity contribution in [2.45, 2.75) is 40.0 Å². The summed E-state index contributed by atoms with van der Waals surface area (Å²) in [7, 11) is 2.21. The molecule has 6 nitrogen and oxygen atoms in total. The number of hydrogen-bond acceptors (Lipinski definition) is 4. The molecule has 7 heteroatoms. The second kappa shape index (κ2) is 14.8. The molecule has 0 aromatic rings. The maximum atomic E-state index is 4.83. The Balaban J connectivity index is 0.00000392. The van der Waals surface area contributed by atoms with Crippen molar-refractivity contribution in [3.05, 3.63) is 0 Å². The molecular weight excluding hydrogens is 463 g/mol. The molecule has 28 heavy (non-hydrogen) atoms. The number of piperidine rings is 1. The van der Waals surface area contributed by atoms with Gasteiger partial charge < -0.3 is 25.3 Å². The maximum Gasteiger partial charge on any atom is 0.191 e. The fourth-order valence-electron chi connectivity index (χ4n) is 3.91. The molecule has 166 valence electrons. The summed E-state index contributed by atoms with van der Waals surface area (Å²) in [6, 6.07) is 0. The highest BCUT2D eigenvalue weighted by molar-refractivity contribution is 14.0. The minimum Gasteiger partial charge on any atom is -0.357 e. The second-order valence-electron chi connectivity index (χ2n) is 8.73. The van der Waals surface area contributed by atoms with Crippen LogP contribution < -0.4 is 10.6 Å². The molecule has 2 aliphatic heterocycles. The number of rotatable bonds is 9. The second-order valence-corrected chi connectivity index (χ2v) is 8.73. The number of aliphatic imine (C=N–C) groups is 1. The number of likely N-dealkylation sites (tertiary alicyclic amines) is 1. The summed E-state index contributed by atoms with van der Waals surface area (Å²) in [6.45, 7) is 19.3. The zero-order valence-corrected chi connectivity index (χ0v) is 21.1. The molecule has 0 aromatic carbocycles. The van der Waals surface area contributed by atoms with Gasteiger partial charge in [0, 0.05) is 52.4 Å². The van der Waals surface area contributed by atoms with Gasteiger partial charge in [0.05, 0.1) is 0 Å². The number of hydrogen-bond donors (Lipinski definition) is 2. The van der Waals surface area contributed by atoms with Gasteiger partial charge in [0.1, 0.15) is 0 Å². The molecule has 2 fully saturated rings. The van der Waals surface area contributed by atoms with Crippen LogP contribution in [0.2, 0.25) is 0 Å². The van der Waals surface area contributed by atoms with Crippen LogP contribution in [-0.4, -0.2) is 99.7 Å². The van der Waals surface area contributed by atoms with Crippen LogP contribution in [0.5, 0.6) is 0 Å². The van der Waals surface area contributed by atoms with Crippen molar-refractivity contribution in [1.82, 2.24) is 25.3 Å². The number of piperazine rings is 1. The van der Waals surface area contributed by atoms with Crippen molar-refractivity contribution in [3.63, 3.8) is 0 Å². The molecule has 0 saturated carbocycles. The molecule has 0 aliphatic carbocycles. The highest BCUT2D eigenvalue weighted by atomic mass is 127. The van der Waals surface area contributed by atoms with Gasteiger partial charge in [-0.1, -0.05) is 13.8 Å². The Labute approximate surface area is 190 Å². The third-order valence-corrected chi connectivity index (χ3v) is 5.89. The summed E-state index contributed by atoms with van der Waals surface area (Å²) in [5.74, 6) is 2.49. The molecule has 2 aliphatic rings. The molecule has 1 unspecified atom stereocenters. The van der Waals surface area contributed by atoms with Gasteiger partial charge in [-0.25, -0.2) is 0 Å². The predicted octanol–water partition coefficient (Wildman–Crippen LogP) is 2.17. The summed E-state index contributed by atoms with van der Waals surface area (Å²) in [6.07, 6.45) is 3.92. The van der Waals surface area contributed by atoms with Crippen molar-refractivity contribution in [2.75, 3.05) is 79.0 Å². The quantitative estimate of drug-likeness (QED) is 0.216. The van der Waals surface area contributed by atoms with E-state index in [0.29, 0.717) is 5.92 Å². The van der Waals surface area contributed by atoms with E-state index in [4.69, 9.17) is 4.99 Å². The molecule has 0 radical (unpaired) electrons. The summed E-state index contributed by atoms with van der Waals surface area (Å²) >= 11 is 0. The van der Waals surface area contributed by atoms with Crippen LogP contribution in [0.1, 0.15) is 40.0 Å². The molecule has 2 saturated heterocycles. The van der Waals surface area contributed by atoms with Crippen molar-refractivity contribution in [2.24, 2.45) is 16.8 Å². The SMILES string of the molecule is CCNC(=NCC(C)CN1CCN(C)CC1)NCCCN1CCC(C)CC1.I. The smallest absolute Gasteiger partial charge is 0.191 e. The standard InChI is InChI=1S/C21H44N6.HI/c1-5-22-21(23-9-6-10-26-11-7-19(2)8-12-26)24-17-20(3)18-27-15-13-25(4)14-16-27;/h19-20H,5-18H2,1-4H3,(H2,22,23,24);1H. The Morgan fingerprint density at radius 1 is 1.04 bits per heavy atom. The number of halogens is 1. The van der Waals surface area contributed by atoms with E-state index in [2.05, 4.69) is 53.2 Å². The van der Waals surface area contributed by atoms with E-state index in [1.54, 1.807) is 0 Å². The molecule has 0 bridgehead atoms. The fraction of sp³-hybridized carbons (Fsp3) is 0.952.